The van der Waals surface area contributed by atoms with E-state index in [0.29, 0.717) is 0 Å². The highest BCUT2D eigenvalue weighted by Crippen LogP contribution is 2.38. The number of nitrogens with zero attached hydrogens (tertiary/aromatic N) is 1. The number of nitrogens with two attached hydrogens (primary N) is 1. The van der Waals surface area contributed by atoms with E-state index in [0.717, 1.165) is 20.8 Å². The molecule has 0 saturated carbocycles. The highest BCUT2D eigenvalue weighted by molar-refractivity contribution is 7.99. The molecule has 1 heterocycles. The first-order chi connectivity index (χ1) is 9.15. The molecular weight excluding hydrogens is 272 g/mol. The zero-order valence-corrected chi connectivity index (χ0v) is 12.4. The topological polar surface area (TPSA) is 38.9 Å². The van der Waals surface area contributed by atoms with Crippen LogP contribution in [0.2, 0.25) is 0 Å². The van der Waals surface area contributed by atoms with Crippen LogP contribution in [0.4, 0.5) is 5.69 Å². The molecule has 0 amide bonds. The Morgan fingerprint density at radius 3 is 2.79 bits per heavy atom. The molecule has 3 rings (SSSR count). The molecule has 2 aromatic carbocycles. The van der Waals surface area contributed by atoms with Crippen LogP contribution >= 0.6 is 23.1 Å². The van der Waals surface area contributed by atoms with E-state index in [1.807, 2.05) is 5.51 Å². The van der Waals surface area contributed by atoms with Crippen LogP contribution in [-0.2, 0) is 0 Å². The molecule has 0 saturated heterocycles. The number of thiazole rings is 1. The number of nitrogen functional groups attached to an aromatic ring is 1. The van der Waals surface area contributed by atoms with Crippen molar-refractivity contribution in [2.24, 2.45) is 0 Å². The molecule has 0 fully saturated rings. The molecule has 1 aromatic heterocycles. The summed E-state index contributed by atoms with van der Waals surface area (Å²) in [5.74, 6) is 0. The van der Waals surface area contributed by atoms with Crippen LogP contribution < -0.4 is 5.73 Å². The fourth-order valence-corrected chi connectivity index (χ4v) is 3.70. The van der Waals surface area contributed by atoms with Crippen LogP contribution in [0, 0.1) is 13.8 Å². The lowest BCUT2D eigenvalue weighted by Crippen LogP contribution is -1.91. The Balaban J connectivity index is 2.05. The van der Waals surface area contributed by atoms with Crippen LogP contribution in [0.15, 0.2) is 45.6 Å². The van der Waals surface area contributed by atoms with Crippen LogP contribution in [0.5, 0.6) is 0 Å². The summed E-state index contributed by atoms with van der Waals surface area (Å²) >= 11 is 3.33. The molecule has 96 valence electrons. The van der Waals surface area contributed by atoms with E-state index in [1.54, 1.807) is 23.1 Å². The number of hydrogen-bond acceptors (Lipinski definition) is 4. The van der Waals surface area contributed by atoms with Gasteiger partial charge in [-0.25, -0.2) is 4.98 Å². The highest BCUT2D eigenvalue weighted by atomic mass is 32.2. The molecule has 0 aliphatic rings. The maximum absolute atomic E-state index is 6.22. The number of benzene rings is 2. The molecule has 0 aliphatic carbocycles. The van der Waals surface area contributed by atoms with E-state index in [4.69, 9.17) is 5.73 Å². The summed E-state index contributed by atoms with van der Waals surface area (Å²) in [6, 6.07) is 10.7. The van der Waals surface area contributed by atoms with Crippen molar-refractivity contribution in [3.63, 3.8) is 0 Å². The van der Waals surface area contributed by atoms with Gasteiger partial charge in [-0.3, -0.25) is 0 Å². The molecule has 0 aliphatic heterocycles. The predicted octanol–water partition coefficient (Wildman–Crippen LogP) is 4.65. The highest BCUT2D eigenvalue weighted by Gasteiger charge is 2.09. The molecule has 0 bridgehead atoms. The molecular formula is C15H14N2S2. The summed E-state index contributed by atoms with van der Waals surface area (Å²) in [4.78, 5) is 6.67. The Morgan fingerprint density at radius 2 is 1.95 bits per heavy atom. The van der Waals surface area contributed by atoms with Crippen LogP contribution in [0.25, 0.3) is 10.2 Å². The summed E-state index contributed by atoms with van der Waals surface area (Å²) in [7, 11) is 0. The first-order valence-electron chi connectivity index (χ1n) is 6.02. The number of hydrogen-bond donors (Lipinski definition) is 1. The third-order valence-electron chi connectivity index (χ3n) is 3.07. The van der Waals surface area contributed by atoms with Gasteiger partial charge in [0.2, 0.25) is 0 Å². The Kier molecular flexibility index (Phi) is 3.21. The van der Waals surface area contributed by atoms with Crippen molar-refractivity contribution in [3.8, 4) is 0 Å². The van der Waals surface area contributed by atoms with Gasteiger partial charge in [0, 0.05) is 9.79 Å². The summed E-state index contributed by atoms with van der Waals surface area (Å²) < 4.78 is 1.14. The van der Waals surface area contributed by atoms with Crippen molar-refractivity contribution >= 4 is 39.0 Å². The van der Waals surface area contributed by atoms with E-state index in [1.165, 1.54) is 16.0 Å². The molecule has 19 heavy (non-hydrogen) atoms. The van der Waals surface area contributed by atoms with Crippen molar-refractivity contribution in [2.45, 2.75) is 23.6 Å². The molecule has 2 N–H and O–H groups in total. The Morgan fingerprint density at radius 1 is 1.11 bits per heavy atom. The van der Waals surface area contributed by atoms with Crippen LogP contribution in [0.3, 0.4) is 0 Å². The fraction of sp³-hybridized carbons (Fsp3) is 0.133. The van der Waals surface area contributed by atoms with Crippen molar-refractivity contribution in [1.29, 1.82) is 0 Å². The van der Waals surface area contributed by atoms with Crippen molar-refractivity contribution < 1.29 is 0 Å². The van der Waals surface area contributed by atoms with Gasteiger partial charge in [0.1, 0.15) is 5.52 Å². The van der Waals surface area contributed by atoms with Gasteiger partial charge in [0.15, 0.2) is 0 Å². The van der Waals surface area contributed by atoms with Gasteiger partial charge >= 0.3 is 0 Å². The SMILES string of the molecule is Cc1ccc(C)c(Sc2ccc3scnc3c2N)c1. The minimum atomic E-state index is 0.782. The molecule has 0 atom stereocenters. The summed E-state index contributed by atoms with van der Waals surface area (Å²) in [5.41, 5.74) is 12.3. The molecule has 0 unspecified atom stereocenters. The Hall–Kier alpha value is -1.52. The van der Waals surface area contributed by atoms with Crippen molar-refractivity contribution in [2.75, 3.05) is 5.73 Å². The Labute approximate surface area is 120 Å². The zero-order chi connectivity index (χ0) is 13.4. The van der Waals surface area contributed by atoms with Gasteiger partial charge < -0.3 is 5.73 Å². The fourth-order valence-electron chi connectivity index (χ4n) is 1.96. The zero-order valence-electron chi connectivity index (χ0n) is 10.8. The summed E-state index contributed by atoms with van der Waals surface area (Å²) in [6.07, 6.45) is 0. The normalized spacial score (nSPS) is 11.1. The predicted molar refractivity (Wildman–Crippen MR) is 84.1 cm³/mol. The molecule has 4 heteroatoms. The lowest BCUT2D eigenvalue weighted by atomic mass is 10.2. The molecule has 2 nitrogen and oxygen atoms in total. The smallest absolute Gasteiger partial charge is 0.105 e. The van der Waals surface area contributed by atoms with Gasteiger partial charge in [-0.1, -0.05) is 23.9 Å². The molecule has 0 spiro atoms. The lowest BCUT2D eigenvalue weighted by Gasteiger charge is -2.09. The average molecular weight is 286 g/mol. The minimum Gasteiger partial charge on any atom is -0.396 e. The number of anilines is 1. The third-order valence-corrected chi connectivity index (χ3v) is 5.09. The monoisotopic (exact) mass is 286 g/mol. The van der Waals surface area contributed by atoms with Gasteiger partial charge in [0.05, 0.1) is 15.9 Å². The van der Waals surface area contributed by atoms with Gasteiger partial charge in [0.25, 0.3) is 0 Å². The van der Waals surface area contributed by atoms with E-state index in [-0.39, 0.29) is 0 Å². The van der Waals surface area contributed by atoms with Gasteiger partial charge in [-0.2, -0.15) is 0 Å². The average Bonchev–Trinajstić information content (AvgIpc) is 2.86. The number of fused-ring (bicyclic) bond motifs is 1. The largest absolute Gasteiger partial charge is 0.396 e. The quantitative estimate of drug-likeness (QED) is 0.697. The minimum absolute atomic E-state index is 0.782. The first-order valence-corrected chi connectivity index (χ1v) is 7.71. The van der Waals surface area contributed by atoms with Crippen molar-refractivity contribution in [3.05, 3.63) is 47.0 Å². The molecule has 3 aromatic rings. The second-order valence-corrected chi connectivity index (χ2v) is 6.52. The van der Waals surface area contributed by atoms with E-state index >= 15 is 0 Å². The summed E-state index contributed by atoms with van der Waals surface area (Å²) in [6.45, 7) is 4.23. The third kappa shape index (κ3) is 2.33. The second kappa shape index (κ2) is 4.87. The molecule has 0 radical (unpaired) electrons. The first kappa shape index (κ1) is 12.5. The van der Waals surface area contributed by atoms with E-state index in [2.05, 4.69) is 49.2 Å². The van der Waals surface area contributed by atoms with Gasteiger partial charge in [-0.15, -0.1) is 11.3 Å². The van der Waals surface area contributed by atoms with E-state index < -0.39 is 0 Å². The summed E-state index contributed by atoms with van der Waals surface area (Å²) in [5, 5.41) is 0. The number of aryl methyl sites for hydroxylation is 2. The second-order valence-electron chi connectivity index (χ2n) is 4.55. The lowest BCUT2D eigenvalue weighted by molar-refractivity contribution is 1.25. The van der Waals surface area contributed by atoms with Gasteiger partial charge in [-0.05, 0) is 43.2 Å². The van der Waals surface area contributed by atoms with Crippen LogP contribution in [-0.4, -0.2) is 4.98 Å². The maximum atomic E-state index is 6.22. The van der Waals surface area contributed by atoms with Crippen LogP contribution in [0.1, 0.15) is 11.1 Å². The number of aromatic nitrogens is 1. The maximum Gasteiger partial charge on any atom is 0.105 e. The number of rotatable bonds is 2. The standard InChI is InChI=1S/C15H14N2S2/c1-9-3-4-10(2)13(7-9)19-11-5-6-12-15(14(11)16)17-8-18-12/h3-8H,16H2,1-2H3. The van der Waals surface area contributed by atoms with Crippen molar-refractivity contribution in [1.82, 2.24) is 4.98 Å². The van der Waals surface area contributed by atoms with E-state index in [9.17, 15) is 0 Å². The Bertz CT molecular complexity index is 747.